The van der Waals surface area contributed by atoms with Crippen molar-refractivity contribution in [2.75, 3.05) is 0 Å². The van der Waals surface area contributed by atoms with E-state index in [1.165, 1.54) is 33.4 Å². The first-order chi connectivity index (χ1) is 14.3. The molecule has 0 amide bonds. The van der Waals surface area contributed by atoms with Crippen molar-refractivity contribution in [1.29, 1.82) is 0 Å². The van der Waals surface area contributed by atoms with Crippen LogP contribution in [0.2, 0.25) is 0 Å². The highest BCUT2D eigenvalue weighted by Gasteiger charge is 2.26. The lowest BCUT2D eigenvalue weighted by Gasteiger charge is -2.29. The maximum absolute atomic E-state index is 10.0. The van der Waals surface area contributed by atoms with E-state index in [-0.39, 0.29) is 17.6 Å². The van der Waals surface area contributed by atoms with Crippen LogP contribution in [0.5, 0.6) is 0 Å². The van der Waals surface area contributed by atoms with E-state index in [0.29, 0.717) is 18.1 Å². The number of aryl methyl sites for hydroxylation is 3. The molecule has 0 spiro atoms. The Morgan fingerprint density at radius 2 is 1.83 bits per heavy atom. The molecule has 1 unspecified atom stereocenters. The second-order valence-electron chi connectivity index (χ2n) is 8.79. The number of hydrogen-bond acceptors (Lipinski definition) is 2. The van der Waals surface area contributed by atoms with E-state index in [1.807, 2.05) is 12.2 Å². The molecule has 30 heavy (non-hydrogen) atoms. The molecule has 0 saturated heterocycles. The third-order valence-corrected chi connectivity index (χ3v) is 6.16. The monoisotopic (exact) mass is 402 g/mol. The van der Waals surface area contributed by atoms with E-state index in [1.54, 1.807) is 0 Å². The van der Waals surface area contributed by atoms with Gasteiger partial charge >= 0.3 is 0 Å². The Labute approximate surface area is 181 Å². The molecule has 3 rings (SSSR count). The molecule has 2 N–H and O–H groups in total. The van der Waals surface area contributed by atoms with Gasteiger partial charge in [-0.15, -0.1) is 0 Å². The third kappa shape index (κ3) is 4.87. The van der Waals surface area contributed by atoms with Gasteiger partial charge < -0.3 is 10.2 Å². The first-order valence-electron chi connectivity index (χ1n) is 11.0. The Kier molecular flexibility index (Phi) is 6.87. The molecule has 2 aromatic rings. The normalized spacial score (nSPS) is 18.5. The quantitative estimate of drug-likeness (QED) is 0.468. The fourth-order valence-corrected chi connectivity index (χ4v) is 4.45. The number of allylic oxidation sites excluding steroid dienone is 4. The summed E-state index contributed by atoms with van der Waals surface area (Å²) in [6.45, 7) is 12.4. The molecule has 158 valence electrons. The molecule has 0 fully saturated rings. The van der Waals surface area contributed by atoms with Crippen molar-refractivity contribution in [3.63, 3.8) is 0 Å². The summed E-state index contributed by atoms with van der Waals surface area (Å²) < 4.78 is 0. The van der Waals surface area contributed by atoms with Gasteiger partial charge in [0, 0.05) is 12.3 Å². The standard InChI is InChI=1S/C28H34O2/c1-6-21-9-7-19(4)15-28(21)26-13-11-23(16-22(26)10-8-20(5)29)25-14-12-24(30)17-27(25)18(2)3/h7,9,11-18,25,27,29-30H,5-6,8,10H2,1-4H3/t25?,27-/m0/s1. The van der Waals surface area contributed by atoms with Crippen molar-refractivity contribution in [3.8, 4) is 11.1 Å². The van der Waals surface area contributed by atoms with E-state index in [2.05, 4.69) is 76.7 Å². The van der Waals surface area contributed by atoms with Gasteiger partial charge in [-0.25, -0.2) is 0 Å². The Morgan fingerprint density at radius 1 is 1.07 bits per heavy atom. The van der Waals surface area contributed by atoms with Crippen molar-refractivity contribution in [1.82, 2.24) is 0 Å². The van der Waals surface area contributed by atoms with Crippen molar-refractivity contribution in [2.45, 2.75) is 52.9 Å². The highest BCUT2D eigenvalue weighted by Crippen LogP contribution is 2.39. The predicted molar refractivity (Wildman–Crippen MR) is 127 cm³/mol. The molecule has 0 saturated carbocycles. The highest BCUT2D eigenvalue weighted by molar-refractivity contribution is 5.72. The van der Waals surface area contributed by atoms with Crippen LogP contribution in [0.1, 0.15) is 55.4 Å². The SMILES string of the molecule is C=C(O)CCc1cc(C2C=CC(O)=C[C@H]2C(C)C)ccc1-c1cc(C)ccc1CC. The number of aliphatic hydroxyl groups is 2. The van der Waals surface area contributed by atoms with Crippen LogP contribution in [0.15, 0.2) is 72.7 Å². The van der Waals surface area contributed by atoms with Crippen molar-refractivity contribution < 1.29 is 10.2 Å². The van der Waals surface area contributed by atoms with Gasteiger partial charge in [0.15, 0.2) is 0 Å². The summed E-state index contributed by atoms with van der Waals surface area (Å²) in [7, 11) is 0. The van der Waals surface area contributed by atoms with Gasteiger partial charge in [0.05, 0.1) is 5.76 Å². The van der Waals surface area contributed by atoms with Crippen molar-refractivity contribution in [2.24, 2.45) is 11.8 Å². The van der Waals surface area contributed by atoms with Crippen LogP contribution in [-0.4, -0.2) is 10.2 Å². The second kappa shape index (κ2) is 9.38. The second-order valence-corrected chi connectivity index (χ2v) is 8.79. The van der Waals surface area contributed by atoms with Gasteiger partial charge in [-0.1, -0.05) is 75.4 Å². The molecule has 0 aromatic heterocycles. The molecule has 2 aromatic carbocycles. The van der Waals surface area contributed by atoms with Crippen LogP contribution in [-0.2, 0) is 12.8 Å². The van der Waals surface area contributed by atoms with Crippen LogP contribution < -0.4 is 0 Å². The Bertz CT molecular complexity index is 978. The molecule has 2 heteroatoms. The number of aliphatic hydroxyl groups excluding tert-OH is 2. The Balaban J connectivity index is 2.09. The van der Waals surface area contributed by atoms with E-state index in [0.717, 1.165) is 12.8 Å². The molecule has 0 heterocycles. The topological polar surface area (TPSA) is 40.5 Å². The van der Waals surface area contributed by atoms with E-state index in [4.69, 9.17) is 0 Å². The maximum Gasteiger partial charge on any atom is 0.111 e. The molecule has 1 aliphatic rings. The molecule has 2 nitrogen and oxygen atoms in total. The maximum atomic E-state index is 10.0. The van der Waals surface area contributed by atoms with E-state index < -0.39 is 0 Å². The first kappa shape index (κ1) is 22.0. The van der Waals surface area contributed by atoms with Crippen LogP contribution >= 0.6 is 0 Å². The summed E-state index contributed by atoms with van der Waals surface area (Å²) in [5.74, 6) is 1.48. The van der Waals surface area contributed by atoms with Crippen molar-refractivity contribution in [3.05, 3.63) is 95.0 Å². The smallest absolute Gasteiger partial charge is 0.111 e. The molecule has 2 atom stereocenters. The van der Waals surface area contributed by atoms with Gasteiger partial charge in [0.2, 0.25) is 0 Å². The summed E-state index contributed by atoms with van der Waals surface area (Å²) >= 11 is 0. The van der Waals surface area contributed by atoms with E-state index >= 15 is 0 Å². The molecule has 0 radical (unpaired) electrons. The van der Waals surface area contributed by atoms with Crippen molar-refractivity contribution >= 4 is 0 Å². The highest BCUT2D eigenvalue weighted by atomic mass is 16.3. The van der Waals surface area contributed by atoms with Crippen LogP contribution in [0.4, 0.5) is 0 Å². The average molecular weight is 403 g/mol. The fourth-order valence-electron chi connectivity index (χ4n) is 4.45. The predicted octanol–water partition coefficient (Wildman–Crippen LogP) is 7.60. The number of benzene rings is 2. The minimum absolute atomic E-state index is 0.219. The largest absolute Gasteiger partial charge is 0.513 e. The van der Waals surface area contributed by atoms with Gasteiger partial charge in [0.25, 0.3) is 0 Å². The van der Waals surface area contributed by atoms with Crippen LogP contribution in [0, 0.1) is 18.8 Å². The minimum Gasteiger partial charge on any atom is -0.513 e. The Morgan fingerprint density at radius 3 is 2.50 bits per heavy atom. The van der Waals surface area contributed by atoms with Gasteiger partial charge in [0.1, 0.15) is 5.76 Å². The molecule has 0 bridgehead atoms. The third-order valence-electron chi connectivity index (χ3n) is 6.16. The summed E-state index contributed by atoms with van der Waals surface area (Å²) in [5, 5.41) is 19.7. The lowest BCUT2D eigenvalue weighted by molar-refractivity contribution is 0.374. The molecule has 0 aliphatic heterocycles. The van der Waals surface area contributed by atoms with Crippen LogP contribution in [0.25, 0.3) is 11.1 Å². The average Bonchev–Trinajstić information content (AvgIpc) is 2.72. The number of rotatable bonds is 7. The zero-order valence-corrected chi connectivity index (χ0v) is 18.7. The summed E-state index contributed by atoms with van der Waals surface area (Å²) in [4.78, 5) is 0. The van der Waals surface area contributed by atoms with Gasteiger partial charge in [-0.3, -0.25) is 0 Å². The minimum atomic E-state index is 0.219. The fraction of sp³-hybridized carbons (Fsp3) is 0.357. The molecule has 1 aliphatic carbocycles. The number of hydrogen-bond donors (Lipinski definition) is 2. The lowest BCUT2D eigenvalue weighted by Crippen LogP contribution is -2.18. The zero-order valence-electron chi connectivity index (χ0n) is 18.7. The summed E-state index contributed by atoms with van der Waals surface area (Å²) in [6, 6.07) is 13.4. The lowest BCUT2D eigenvalue weighted by atomic mass is 9.75. The summed E-state index contributed by atoms with van der Waals surface area (Å²) in [6.07, 6.45) is 8.19. The van der Waals surface area contributed by atoms with Crippen LogP contribution in [0.3, 0.4) is 0 Å². The van der Waals surface area contributed by atoms with Gasteiger partial charge in [-0.2, -0.15) is 0 Å². The molecular formula is C28H34O2. The zero-order chi connectivity index (χ0) is 21.8. The molecular weight excluding hydrogens is 368 g/mol. The first-order valence-corrected chi connectivity index (χ1v) is 11.0. The van der Waals surface area contributed by atoms with Gasteiger partial charge in [-0.05, 0) is 71.6 Å². The Hall–Kier alpha value is -2.74. The summed E-state index contributed by atoms with van der Waals surface area (Å²) in [5.41, 5.74) is 7.58. The van der Waals surface area contributed by atoms with E-state index in [9.17, 15) is 10.2 Å².